The first-order valence-corrected chi connectivity index (χ1v) is 6.88. The van der Waals surface area contributed by atoms with Gasteiger partial charge < -0.3 is 0 Å². The Bertz CT molecular complexity index is 196. The van der Waals surface area contributed by atoms with Gasteiger partial charge in [0.1, 0.15) is 0 Å². The predicted molar refractivity (Wildman–Crippen MR) is 75.7 cm³/mol. The monoisotopic (exact) mass is 220 g/mol. The largest absolute Gasteiger partial charge is 0.0885 e. The van der Waals surface area contributed by atoms with Crippen molar-refractivity contribution in [2.24, 2.45) is 0 Å². The van der Waals surface area contributed by atoms with Crippen molar-refractivity contribution in [2.45, 2.75) is 65.2 Å². The van der Waals surface area contributed by atoms with Gasteiger partial charge in [-0.15, -0.1) is 0 Å². The fraction of sp³-hybridized carbons (Fsp3) is 0.625. The number of unbranched alkanes of at least 4 members (excludes halogenated alkanes) is 5. The van der Waals surface area contributed by atoms with Gasteiger partial charge in [0.15, 0.2) is 0 Å². The first-order valence-electron chi connectivity index (χ1n) is 6.88. The van der Waals surface area contributed by atoms with E-state index in [1.807, 2.05) is 0 Å². The molecule has 0 heteroatoms. The van der Waals surface area contributed by atoms with Crippen molar-refractivity contribution in [1.29, 1.82) is 0 Å². The van der Waals surface area contributed by atoms with Gasteiger partial charge in [-0.25, -0.2) is 0 Å². The van der Waals surface area contributed by atoms with E-state index >= 15 is 0 Å². The number of hydrogen-bond acceptors (Lipinski definition) is 0. The standard InChI is InChI=1S/C16H28/c1-3-5-7-9-11-13-15-16-14-12-10-8-6-4-2/h7,9-13H,3-6,8,14-16H2,1-2H3/b9-7+,12-10+,13-11+. The topological polar surface area (TPSA) is 0 Å². The van der Waals surface area contributed by atoms with E-state index in [4.69, 9.17) is 0 Å². The van der Waals surface area contributed by atoms with Crippen LogP contribution in [0.15, 0.2) is 36.5 Å². The zero-order valence-corrected chi connectivity index (χ0v) is 11.1. The maximum Gasteiger partial charge on any atom is -0.0345 e. The van der Waals surface area contributed by atoms with Gasteiger partial charge in [-0.05, 0) is 32.1 Å². The van der Waals surface area contributed by atoms with Crippen molar-refractivity contribution < 1.29 is 0 Å². The van der Waals surface area contributed by atoms with E-state index in [2.05, 4.69) is 50.3 Å². The van der Waals surface area contributed by atoms with Crippen molar-refractivity contribution in [1.82, 2.24) is 0 Å². The summed E-state index contributed by atoms with van der Waals surface area (Å²) in [6, 6.07) is 0. The molecule has 0 bridgehead atoms. The van der Waals surface area contributed by atoms with E-state index in [9.17, 15) is 0 Å². The van der Waals surface area contributed by atoms with Crippen LogP contribution in [0.2, 0.25) is 0 Å². The molecule has 0 N–H and O–H groups in total. The van der Waals surface area contributed by atoms with Crippen molar-refractivity contribution in [3.8, 4) is 0 Å². The molecule has 0 amide bonds. The second-order valence-electron chi connectivity index (χ2n) is 4.19. The van der Waals surface area contributed by atoms with Crippen LogP contribution in [0, 0.1) is 0 Å². The van der Waals surface area contributed by atoms with Crippen LogP contribution < -0.4 is 0 Å². The van der Waals surface area contributed by atoms with Crippen LogP contribution >= 0.6 is 0 Å². The van der Waals surface area contributed by atoms with E-state index < -0.39 is 0 Å². The minimum atomic E-state index is 1.20. The summed E-state index contributed by atoms with van der Waals surface area (Å²) in [4.78, 5) is 0. The van der Waals surface area contributed by atoms with Crippen molar-refractivity contribution in [3.63, 3.8) is 0 Å². The fourth-order valence-corrected chi connectivity index (χ4v) is 1.43. The van der Waals surface area contributed by atoms with Gasteiger partial charge in [-0.3, -0.25) is 0 Å². The van der Waals surface area contributed by atoms with Crippen molar-refractivity contribution in [3.05, 3.63) is 36.5 Å². The molecule has 0 heterocycles. The SMILES string of the molecule is CCC/C=C/C=C/CCC/C=C/CCCC. The third-order valence-corrected chi connectivity index (χ3v) is 2.47. The molecule has 0 fully saturated rings. The van der Waals surface area contributed by atoms with Gasteiger partial charge in [-0.1, -0.05) is 69.6 Å². The molecule has 0 aliphatic heterocycles. The summed E-state index contributed by atoms with van der Waals surface area (Å²) >= 11 is 0. The fourth-order valence-electron chi connectivity index (χ4n) is 1.43. The molecule has 0 saturated carbocycles. The van der Waals surface area contributed by atoms with E-state index in [1.165, 1.54) is 51.4 Å². The zero-order chi connectivity index (χ0) is 11.9. The third-order valence-electron chi connectivity index (χ3n) is 2.47. The lowest BCUT2D eigenvalue weighted by atomic mass is 10.2. The molecule has 0 rings (SSSR count). The smallest absolute Gasteiger partial charge is 0.0345 e. The van der Waals surface area contributed by atoms with Crippen LogP contribution in [0.5, 0.6) is 0 Å². The molecular weight excluding hydrogens is 192 g/mol. The normalized spacial score (nSPS) is 12.4. The lowest BCUT2D eigenvalue weighted by molar-refractivity contribution is 0.805. The van der Waals surface area contributed by atoms with Gasteiger partial charge in [0.2, 0.25) is 0 Å². The van der Waals surface area contributed by atoms with Crippen LogP contribution in [-0.4, -0.2) is 0 Å². The Morgan fingerprint density at radius 2 is 1.12 bits per heavy atom. The predicted octanol–water partition coefficient (Wildman–Crippen LogP) is 5.82. The molecule has 0 aliphatic carbocycles. The molecule has 0 aromatic carbocycles. The van der Waals surface area contributed by atoms with Crippen molar-refractivity contribution in [2.75, 3.05) is 0 Å². The Balaban J connectivity index is 3.22. The van der Waals surface area contributed by atoms with Gasteiger partial charge in [0.05, 0.1) is 0 Å². The minimum Gasteiger partial charge on any atom is -0.0885 e. The molecule has 0 aliphatic rings. The van der Waals surface area contributed by atoms with Gasteiger partial charge in [0, 0.05) is 0 Å². The molecule has 0 unspecified atom stereocenters. The Kier molecular flexibility index (Phi) is 13.5. The lowest BCUT2D eigenvalue weighted by Crippen LogP contribution is -1.70. The van der Waals surface area contributed by atoms with E-state index in [-0.39, 0.29) is 0 Å². The van der Waals surface area contributed by atoms with E-state index in [1.54, 1.807) is 0 Å². The Morgan fingerprint density at radius 3 is 1.75 bits per heavy atom. The second kappa shape index (κ2) is 14.2. The highest BCUT2D eigenvalue weighted by Gasteiger charge is 1.81. The average molecular weight is 220 g/mol. The van der Waals surface area contributed by atoms with Crippen LogP contribution in [0.3, 0.4) is 0 Å². The van der Waals surface area contributed by atoms with Gasteiger partial charge in [-0.2, -0.15) is 0 Å². The van der Waals surface area contributed by atoms with Gasteiger partial charge >= 0.3 is 0 Å². The molecule has 0 nitrogen and oxygen atoms in total. The van der Waals surface area contributed by atoms with Gasteiger partial charge in [0.25, 0.3) is 0 Å². The molecule has 0 saturated heterocycles. The summed E-state index contributed by atoms with van der Waals surface area (Å²) < 4.78 is 0. The summed E-state index contributed by atoms with van der Waals surface area (Å²) in [7, 11) is 0. The number of rotatable bonds is 10. The van der Waals surface area contributed by atoms with Crippen LogP contribution in [-0.2, 0) is 0 Å². The Hall–Kier alpha value is -0.780. The maximum absolute atomic E-state index is 2.33. The van der Waals surface area contributed by atoms with E-state index in [0.29, 0.717) is 0 Å². The summed E-state index contributed by atoms with van der Waals surface area (Å²) in [5, 5.41) is 0. The molecule has 0 spiro atoms. The summed E-state index contributed by atoms with van der Waals surface area (Å²) in [5.41, 5.74) is 0. The second-order valence-corrected chi connectivity index (χ2v) is 4.19. The average Bonchev–Trinajstić information content (AvgIpc) is 2.31. The summed E-state index contributed by atoms with van der Waals surface area (Å²) in [6.07, 6.45) is 23.6. The third kappa shape index (κ3) is 13.2. The highest BCUT2D eigenvalue weighted by atomic mass is 13.9. The van der Waals surface area contributed by atoms with Crippen LogP contribution in [0.1, 0.15) is 65.2 Å². The highest BCUT2D eigenvalue weighted by molar-refractivity contribution is 5.02. The quantitative estimate of drug-likeness (QED) is 0.247. The number of allylic oxidation sites excluding steroid dienone is 6. The Morgan fingerprint density at radius 1 is 0.562 bits per heavy atom. The van der Waals surface area contributed by atoms with Crippen molar-refractivity contribution >= 4 is 0 Å². The first kappa shape index (κ1) is 15.2. The zero-order valence-electron chi connectivity index (χ0n) is 11.1. The Labute approximate surface area is 102 Å². The first-order chi connectivity index (χ1) is 7.91. The molecule has 16 heavy (non-hydrogen) atoms. The highest BCUT2D eigenvalue weighted by Crippen LogP contribution is 2.01. The molecular formula is C16H28. The summed E-state index contributed by atoms with van der Waals surface area (Å²) in [5.74, 6) is 0. The van der Waals surface area contributed by atoms with E-state index in [0.717, 1.165) is 0 Å². The molecule has 0 aromatic rings. The lowest BCUT2D eigenvalue weighted by Gasteiger charge is -1.91. The van der Waals surface area contributed by atoms with Crippen LogP contribution in [0.25, 0.3) is 0 Å². The number of hydrogen-bond donors (Lipinski definition) is 0. The molecule has 92 valence electrons. The molecule has 0 aromatic heterocycles. The minimum absolute atomic E-state index is 1.20. The summed E-state index contributed by atoms with van der Waals surface area (Å²) in [6.45, 7) is 4.45. The van der Waals surface area contributed by atoms with Crippen LogP contribution in [0.4, 0.5) is 0 Å². The maximum atomic E-state index is 2.33. The molecule has 0 atom stereocenters. The molecule has 0 radical (unpaired) electrons.